The van der Waals surface area contributed by atoms with Crippen LogP contribution in [-0.2, 0) is 19.0 Å². The number of carbonyl (C=O) groups excluding carboxylic acids is 1. The van der Waals surface area contributed by atoms with Gasteiger partial charge in [-0.1, -0.05) is 0 Å². The minimum Gasteiger partial charge on any atom is -0.377 e. The van der Waals surface area contributed by atoms with E-state index < -0.39 is 4.92 Å². The van der Waals surface area contributed by atoms with Gasteiger partial charge in [0.2, 0.25) is 5.91 Å². The third kappa shape index (κ3) is 8.48. The van der Waals surface area contributed by atoms with Crippen LogP contribution in [0, 0.1) is 28.4 Å². The molecule has 2 N–H and O–H groups in total. The molecule has 52 heavy (non-hydrogen) atoms. The third-order valence-electron chi connectivity index (χ3n) is 9.19. The number of carbonyl (C=O) groups is 1. The van der Waals surface area contributed by atoms with Crippen molar-refractivity contribution in [2.75, 3.05) is 67.8 Å². The maximum absolute atomic E-state index is 12.8. The second-order valence-corrected chi connectivity index (χ2v) is 12.4. The van der Waals surface area contributed by atoms with Crippen LogP contribution in [0.1, 0.15) is 43.9 Å². The lowest BCUT2D eigenvalue weighted by Crippen LogP contribution is -2.42. The van der Waals surface area contributed by atoms with Crippen molar-refractivity contribution in [3.8, 4) is 28.8 Å². The number of hydrogen-bond donors (Lipinski definition) is 2. The van der Waals surface area contributed by atoms with Crippen LogP contribution in [0.2, 0.25) is 0 Å². The maximum atomic E-state index is 12.8. The first-order chi connectivity index (χ1) is 25.4. The monoisotopic (exact) mass is 711 g/mol. The number of pyridine rings is 1. The summed E-state index contributed by atoms with van der Waals surface area (Å²) < 4.78 is 17.6. The molecule has 6 rings (SSSR count). The third-order valence-corrected chi connectivity index (χ3v) is 9.19. The second kappa shape index (κ2) is 17.1. The minimum atomic E-state index is -0.503. The molecule has 1 amide bonds. The molecule has 2 aliphatic rings. The van der Waals surface area contributed by atoms with E-state index in [0.29, 0.717) is 75.0 Å². The largest absolute Gasteiger partial charge is 0.377 e. The first kappa shape index (κ1) is 36.2. The lowest BCUT2D eigenvalue weighted by molar-refractivity contribution is -0.385. The number of amides is 1. The highest BCUT2D eigenvalue weighted by molar-refractivity contribution is 6.00. The summed E-state index contributed by atoms with van der Waals surface area (Å²) in [6.07, 6.45) is 6.87. The van der Waals surface area contributed by atoms with Crippen molar-refractivity contribution in [3.63, 3.8) is 0 Å². The molecule has 0 bridgehead atoms. The maximum Gasteiger partial charge on any atom is 0.289 e. The average Bonchev–Trinajstić information content (AvgIpc) is 3.71. The molecule has 0 spiro atoms. The molecular formula is C35H41N11O6. The summed E-state index contributed by atoms with van der Waals surface area (Å²) in [6, 6.07) is 10.7. The van der Waals surface area contributed by atoms with Gasteiger partial charge in [-0.15, -0.1) is 0 Å². The zero-order chi connectivity index (χ0) is 36.5. The molecule has 0 radical (unpaired) electrons. The number of nitro groups is 1. The highest BCUT2D eigenvalue weighted by Gasteiger charge is 2.29. The van der Waals surface area contributed by atoms with Crippen molar-refractivity contribution in [1.29, 1.82) is 5.26 Å². The number of aromatic nitrogens is 6. The number of fused-ring (bicyclic) bond motifs is 1. The summed E-state index contributed by atoms with van der Waals surface area (Å²) in [4.78, 5) is 45.6. The number of H-pyrrole nitrogens is 1. The van der Waals surface area contributed by atoms with Crippen LogP contribution < -0.4 is 15.1 Å². The molecule has 1 aromatic carbocycles. The van der Waals surface area contributed by atoms with Gasteiger partial charge in [-0.05, 0) is 63.8 Å². The number of hydrogen-bond acceptors (Lipinski definition) is 14. The van der Waals surface area contributed by atoms with Crippen molar-refractivity contribution in [1.82, 2.24) is 30.1 Å². The van der Waals surface area contributed by atoms with Gasteiger partial charge in [-0.3, -0.25) is 24.9 Å². The molecule has 0 atom stereocenters. The van der Waals surface area contributed by atoms with E-state index >= 15 is 0 Å². The Balaban J connectivity index is 0.894. The van der Waals surface area contributed by atoms with Gasteiger partial charge in [-0.25, -0.2) is 19.9 Å². The highest BCUT2D eigenvalue weighted by atomic mass is 16.6. The van der Waals surface area contributed by atoms with E-state index in [1.807, 2.05) is 32.0 Å². The summed E-state index contributed by atoms with van der Waals surface area (Å²) in [5.41, 5.74) is 3.41. The normalized spacial score (nSPS) is 16.9. The van der Waals surface area contributed by atoms with E-state index in [-0.39, 0.29) is 35.8 Å². The zero-order valence-electron chi connectivity index (χ0n) is 29.2. The van der Waals surface area contributed by atoms with Crippen LogP contribution in [0.4, 0.5) is 23.0 Å². The molecule has 3 aromatic heterocycles. The molecule has 0 saturated heterocycles. The fourth-order valence-electron chi connectivity index (χ4n) is 6.59. The fourth-order valence-corrected chi connectivity index (χ4v) is 6.59. The van der Waals surface area contributed by atoms with Gasteiger partial charge >= 0.3 is 0 Å². The van der Waals surface area contributed by atoms with E-state index in [0.717, 1.165) is 42.6 Å². The van der Waals surface area contributed by atoms with E-state index in [1.165, 1.54) is 18.5 Å². The lowest BCUT2D eigenvalue weighted by atomic mass is 9.91. The number of nitriles is 1. The fraction of sp³-hybridized carbons (Fsp3) is 0.457. The Morgan fingerprint density at radius 1 is 1.04 bits per heavy atom. The Morgan fingerprint density at radius 2 is 1.83 bits per heavy atom. The molecule has 1 aliphatic carbocycles. The SMILES string of the molecule is CCN(c1ccc(C#N)c([N+](=O)[O-])c1)C1CCC(OCCOCCOCCN2C(=O)CNc3ncc(-c4ccc(-c5nc[nH]n5)nc4C)nc32)CC1. The summed E-state index contributed by atoms with van der Waals surface area (Å²) >= 11 is 0. The number of nitro benzene ring substituents is 1. The van der Waals surface area contributed by atoms with E-state index in [9.17, 15) is 20.2 Å². The summed E-state index contributed by atoms with van der Waals surface area (Å²) in [5.74, 6) is 1.35. The average molecular weight is 712 g/mol. The lowest BCUT2D eigenvalue weighted by Gasteiger charge is -2.37. The van der Waals surface area contributed by atoms with Crippen LogP contribution in [0.25, 0.3) is 22.8 Å². The van der Waals surface area contributed by atoms with Crippen LogP contribution >= 0.6 is 0 Å². The number of nitrogens with one attached hydrogen (secondary N) is 2. The molecule has 1 saturated carbocycles. The molecule has 4 heterocycles. The van der Waals surface area contributed by atoms with E-state index in [2.05, 4.69) is 35.4 Å². The van der Waals surface area contributed by atoms with Gasteiger partial charge in [0.25, 0.3) is 5.69 Å². The summed E-state index contributed by atoms with van der Waals surface area (Å²) in [5, 5.41) is 30.5. The van der Waals surface area contributed by atoms with Crippen molar-refractivity contribution in [2.24, 2.45) is 0 Å². The smallest absolute Gasteiger partial charge is 0.289 e. The van der Waals surface area contributed by atoms with Gasteiger partial charge in [0.15, 0.2) is 17.5 Å². The Hall–Kier alpha value is -5.57. The Kier molecular flexibility index (Phi) is 11.9. The molecule has 4 aromatic rings. The Morgan fingerprint density at radius 3 is 2.54 bits per heavy atom. The quantitative estimate of drug-likeness (QED) is 0.0954. The molecule has 17 nitrogen and oxygen atoms in total. The van der Waals surface area contributed by atoms with Gasteiger partial charge < -0.3 is 24.4 Å². The van der Waals surface area contributed by atoms with Crippen molar-refractivity contribution in [2.45, 2.75) is 51.7 Å². The molecule has 17 heteroatoms. The van der Waals surface area contributed by atoms with Crippen LogP contribution in [-0.4, -0.2) is 106 Å². The molecule has 1 aliphatic heterocycles. The van der Waals surface area contributed by atoms with E-state index in [4.69, 9.17) is 19.2 Å². The highest BCUT2D eigenvalue weighted by Crippen LogP contribution is 2.33. The Labute approximate surface area is 300 Å². The number of aromatic amines is 1. The number of benzene rings is 1. The van der Waals surface area contributed by atoms with Gasteiger partial charge in [-0.2, -0.15) is 10.4 Å². The van der Waals surface area contributed by atoms with Crippen molar-refractivity contribution >= 4 is 28.9 Å². The molecule has 272 valence electrons. The standard InChI is InChI=1S/C35H41N11O6/c1-3-44(26-5-4-24(19-36)31(18-26)46(48)49)25-6-8-27(9-7-25)52-17-16-51-15-14-50-13-12-45-32(47)21-38-34-35(45)42-30(20-37-34)28-10-11-29(41-23(28)2)33-39-22-40-43-33/h4-5,10-11,18,20,22,25,27H,3,6-9,12-17,21H2,1-2H3,(H,37,38)(H,39,40,43). The summed E-state index contributed by atoms with van der Waals surface area (Å²) in [7, 11) is 0. The predicted molar refractivity (Wildman–Crippen MR) is 191 cm³/mol. The number of ether oxygens (including phenoxy) is 3. The van der Waals surface area contributed by atoms with Gasteiger partial charge in [0.05, 0.1) is 69.0 Å². The van der Waals surface area contributed by atoms with Crippen molar-refractivity contribution < 1.29 is 23.9 Å². The number of nitrogens with zero attached hydrogens (tertiary/aromatic N) is 9. The van der Waals surface area contributed by atoms with Crippen LogP contribution in [0.15, 0.2) is 42.9 Å². The number of rotatable bonds is 16. The number of anilines is 3. The molecule has 1 fully saturated rings. The molecular weight excluding hydrogens is 670 g/mol. The van der Waals surface area contributed by atoms with E-state index in [1.54, 1.807) is 17.2 Å². The predicted octanol–water partition coefficient (Wildman–Crippen LogP) is 4.06. The minimum absolute atomic E-state index is 0.0652. The second-order valence-electron chi connectivity index (χ2n) is 12.4. The van der Waals surface area contributed by atoms with Crippen molar-refractivity contribution in [3.05, 3.63) is 64.2 Å². The topological polar surface area (TPSA) is 210 Å². The van der Waals surface area contributed by atoms with Crippen LogP contribution in [0.5, 0.6) is 0 Å². The summed E-state index contributed by atoms with van der Waals surface area (Å²) in [6.45, 7) is 7.03. The Bertz CT molecular complexity index is 1890. The first-order valence-corrected chi connectivity index (χ1v) is 17.3. The van der Waals surface area contributed by atoms with Gasteiger partial charge in [0.1, 0.15) is 23.7 Å². The first-order valence-electron chi connectivity index (χ1n) is 17.3. The van der Waals surface area contributed by atoms with Crippen LogP contribution in [0.3, 0.4) is 0 Å². The molecule has 0 unspecified atom stereocenters. The zero-order valence-corrected chi connectivity index (χ0v) is 29.2. The van der Waals surface area contributed by atoms with Gasteiger partial charge in [0, 0.05) is 35.6 Å². The number of aryl methyl sites for hydroxylation is 1.